The van der Waals surface area contributed by atoms with Gasteiger partial charge >= 0.3 is 0 Å². The Hall–Kier alpha value is -16.3. The Kier molecular flexibility index (Phi) is 19.4. The third kappa shape index (κ3) is 13.5. The number of fused-ring (bicyclic) bond motifs is 32. The van der Waals surface area contributed by atoms with E-state index >= 15 is 0 Å². The molecular formula is C134H88F7NO4S3. The summed E-state index contributed by atoms with van der Waals surface area (Å²) in [6.45, 7) is 24.3. The summed E-state index contributed by atoms with van der Waals surface area (Å²) < 4.78 is 150. The molecule has 0 saturated heterocycles. The molecule has 5 aromatic heterocycles. The molecule has 0 spiro atoms. The van der Waals surface area contributed by atoms with E-state index in [-0.39, 0.29) is 16.6 Å². The first-order valence-electron chi connectivity index (χ1n) is 50.0. The van der Waals surface area contributed by atoms with Gasteiger partial charge in [0.25, 0.3) is 0 Å². The Bertz CT molecular complexity index is 10300. The van der Waals surface area contributed by atoms with Crippen molar-refractivity contribution in [2.75, 3.05) is 0 Å². The summed E-state index contributed by atoms with van der Waals surface area (Å²) >= 11 is 3.30. The average molecular weight is 2010 g/mol. The molecule has 6 aliphatic carbocycles. The van der Waals surface area contributed by atoms with Crippen molar-refractivity contribution in [3.8, 4) is 55.1 Å². The third-order valence-corrected chi connectivity index (χ3v) is 35.7. The van der Waals surface area contributed by atoms with E-state index in [1.165, 1.54) is 109 Å². The Morgan fingerprint density at radius 2 is 0.658 bits per heavy atom. The average Bonchev–Trinajstić information content (AvgIpc) is 1.52. The number of aryl methyl sites for hydroxylation is 6. The van der Waals surface area contributed by atoms with Gasteiger partial charge in [-0.2, -0.15) is 0 Å². The van der Waals surface area contributed by atoms with E-state index < -0.39 is 44.7 Å². The monoisotopic (exact) mass is 2000 g/mol. The molecular weight excluding hydrogens is 1920 g/mol. The maximum Gasteiger partial charge on any atom is 0.208 e. The highest BCUT2D eigenvalue weighted by atomic mass is 32.2. The van der Waals surface area contributed by atoms with Crippen LogP contribution in [0.3, 0.4) is 0 Å². The number of rotatable bonds is 6. The van der Waals surface area contributed by atoms with Crippen molar-refractivity contribution in [2.45, 2.75) is 91.9 Å². The van der Waals surface area contributed by atoms with Gasteiger partial charge < -0.3 is 13.4 Å². The molecule has 0 saturated carbocycles. The molecule has 6 heterocycles. The van der Waals surface area contributed by atoms with Gasteiger partial charge in [0.15, 0.2) is 0 Å². The van der Waals surface area contributed by atoms with Gasteiger partial charge in [0, 0.05) is 155 Å². The van der Waals surface area contributed by atoms with Crippen molar-refractivity contribution in [1.82, 2.24) is 4.57 Å². The van der Waals surface area contributed by atoms with Gasteiger partial charge in [0.2, 0.25) is 9.84 Å². The molecule has 15 heteroatoms. The molecule has 0 radical (unpaired) electrons. The fourth-order valence-electron chi connectivity index (χ4n) is 25.2. The Balaban J connectivity index is 0.000000108. The largest absolute Gasteiger partial charge is 0.455 e. The second-order valence-electron chi connectivity index (χ2n) is 42.9. The fraction of sp³-hybridized carbons (Fsp3) is 0.104. The molecule has 149 heavy (non-hydrogen) atoms. The molecule has 18 aromatic carbocycles. The molecule has 7 aliphatic rings. The molecule has 0 unspecified atom stereocenters. The SMILES string of the molecule is Cc1cc(C(C)(C)C)cc(C)c1C1=c2cc3cc4c(cc3cc2C2=C1S(=O)(=O)c1ccccc12)=C(c1c(C)cc(C(C)(C)C)cc1C)c1c-4c2ccccc2n1C.Cc1cc(F)cc(C2=c3cc4cc5c(cc4cc3-c3c2oc2ccccc32)=C(c2cc(F)cc(F)c2)c2sc3ccccc3c2-5)c1.Fc1cc(F)cc(C2=c3cc4cc5c(cc4cc3-c3oc4ccccc4c32)=C(c2cc(F)cc(F)c2)c2c-5sc3ccccc23)c1. The zero-order valence-corrected chi connectivity index (χ0v) is 85.4. The van der Waals surface area contributed by atoms with Crippen LogP contribution < -0.4 is 31.3 Å². The topological polar surface area (TPSA) is 65.3 Å². The second kappa shape index (κ2) is 32.1. The van der Waals surface area contributed by atoms with Crippen molar-refractivity contribution in [3.05, 3.63) is 503 Å². The first kappa shape index (κ1) is 90.2. The number of halogens is 7. The third-order valence-electron chi connectivity index (χ3n) is 31.5. The highest BCUT2D eigenvalue weighted by molar-refractivity contribution is 7.96. The molecule has 720 valence electrons. The maximum atomic E-state index is 14.8. The van der Waals surface area contributed by atoms with Crippen LogP contribution in [0.25, 0.3) is 179 Å². The zero-order valence-electron chi connectivity index (χ0n) is 83.0. The minimum Gasteiger partial charge on any atom is -0.455 e. The van der Waals surface area contributed by atoms with E-state index in [1.807, 2.05) is 110 Å². The molecule has 0 N–H and O–H groups in total. The van der Waals surface area contributed by atoms with Crippen LogP contribution in [0.2, 0.25) is 0 Å². The van der Waals surface area contributed by atoms with E-state index in [2.05, 4.69) is 220 Å². The van der Waals surface area contributed by atoms with Crippen LogP contribution in [0.15, 0.2) is 334 Å². The molecule has 0 amide bonds. The van der Waals surface area contributed by atoms with Crippen LogP contribution in [0, 0.1) is 75.3 Å². The minimum absolute atomic E-state index is 0.0367. The Labute approximate surface area is 860 Å². The second-order valence-corrected chi connectivity index (χ2v) is 46.8. The molecule has 0 atom stereocenters. The van der Waals surface area contributed by atoms with Crippen molar-refractivity contribution < 1.29 is 48.0 Å². The van der Waals surface area contributed by atoms with Crippen LogP contribution in [0.5, 0.6) is 0 Å². The molecule has 5 nitrogen and oxygen atoms in total. The van der Waals surface area contributed by atoms with Crippen LogP contribution in [-0.2, 0) is 27.7 Å². The quantitative estimate of drug-likeness (QED) is 0.156. The lowest BCUT2D eigenvalue weighted by Crippen LogP contribution is -2.17. The smallest absolute Gasteiger partial charge is 0.208 e. The Morgan fingerprint density at radius 3 is 1.19 bits per heavy atom. The standard InChI is InChI=1S/C53H49NO2S.C41H21F3OS.C40H18F4OS/c1-28-20-34(52(5,6)7)21-29(2)44(28)48-40-26-33-25-39-41(27-32(33)24-38(40)46-36-16-12-14-18-42(36)54(11)50(46)48)49(45-30(3)22-35(23-31(45)4)53(8,9)10)51-47(39)37-17-13-15-19-43(37)57(51,55)56;1-20-10-23(12-25(42)11-20)36-30-15-21-18-33-31(16-22(21)17-32(30)38-28-6-2-4-8-34(28)45-40(36)38)37(24-13-26(43)19-27(44)14-24)41-39(33)29-7-3-5-9-35(29)46-41;41-23-9-21(10-24(42)17-23)35-29-13-20-16-32-30(14-19(20)15-31(29)39-37(35)27-5-1-3-7-33(27)45-39)36(22-11-25(43)18-26(44)12-22)38-28-6-2-4-8-34(28)46-40(32)38/h12-27H,1-11H3;2-19H,1H3;1-18H. The van der Waals surface area contributed by atoms with Gasteiger partial charge in [-0.1, -0.05) is 181 Å². The van der Waals surface area contributed by atoms with E-state index in [9.17, 15) is 39.2 Å². The van der Waals surface area contributed by atoms with Crippen LogP contribution in [-0.4, -0.2) is 13.0 Å². The van der Waals surface area contributed by atoms with Gasteiger partial charge in [-0.25, -0.2) is 39.2 Å². The lowest BCUT2D eigenvalue weighted by molar-refractivity contribution is 0.582. The summed E-state index contributed by atoms with van der Waals surface area (Å²) in [6.07, 6.45) is 0. The highest BCUT2D eigenvalue weighted by Crippen LogP contribution is 2.56. The number of hydrogen-bond acceptors (Lipinski definition) is 6. The summed E-state index contributed by atoms with van der Waals surface area (Å²) in [5.74, 6) is -2.70. The van der Waals surface area contributed by atoms with Gasteiger partial charge in [-0.15, -0.1) is 22.7 Å². The van der Waals surface area contributed by atoms with Gasteiger partial charge in [-0.05, 0) is 367 Å². The van der Waals surface area contributed by atoms with Crippen molar-refractivity contribution in [3.63, 3.8) is 0 Å². The molecule has 0 bridgehead atoms. The van der Waals surface area contributed by atoms with Crippen molar-refractivity contribution in [1.29, 1.82) is 0 Å². The predicted octanol–water partition coefficient (Wildman–Crippen LogP) is 30.9. The number of allylic oxidation sites excluding steroid dienone is 1. The van der Waals surface area contributed by atoms with Gasteiger partial charge in [0.1, 0.15) is 63.4 Å². The Morgan fingerprint density at radius 1 is 0.282 bits per heavy atom. The molecule has 0 fully saturated rings. The number of para-hydroxylation sites is 3. The first-order chi connectivity index (χ1) is 71.7. The van der Waals surface area contributed by atoms with Crippen molar-refractivity contribution in [2.24, 2.45) is 7.05 Å². The predicted molar refractivity (Wildman–Crippen MR) is 593 cm³/mol. The van der Waals surface area contributed by atoms with Gasteiger partial charge in [0.05, 0.1) is 15.5 Å². The van der Waals surface area contributed by atoms with E-state index in [4.69, 9.17) is 8.83 Å². The summed E-state index contributed by atoms with van der Waals surface area (Å²) in [4.78, 5) is 2.89. The number of hydrogen-bond donors (Lipinski definition) is 0. The summed E-state index contributed by atoms with van der Waals surface area (Å²) in [5.41, 5.74) is 34.7. The summed E-state index contributed by atoms with van der Waals surface area (Å²) in [6, 6.07) is 99.9. The van der Waals surface area contributed by atoms with Crippen molar-refractivity contribution >= 4 is 157 Å². The number of sulfone groups is 1. The van der Waals surface area contributed by atoms with Crippen LogP contribution >= 0.6 is 22.7 Å². The number of aromatic nitrogens is 1. The highest BCUT2D eigenvalue weighted by Gasteiger charge is 2.45. The molecule has 30 rings (SSSR count). The zero-order chi connectivity index (χ0) is 102. The minimum atomic E-state index is -3.78. The lowest BCUT2D eigenvalue weighted by atomic mass is 9.82. The number of nitrogens with zero attached hydrogens (tertiary/aromatic N) is 1. The number of thiophene rings is 2. The van der Waals surface area contributed by atoms with Crippen LogP contribution in [0.1, 0.15) is 152 Å². The maximum absolute atomic E-state index is 14.8. The number of benzene rings is 18. The summed E-state index contributed by atoms with van der Waals surface area (Å²) in [5, 5.41) is 17.2. The molecule has 23 aromatic rings. The molecule has 1 aliphatic heterocycles. The first-order valence-corrected chi connectivity index (χ1v) is 53.1. The van der Waals surface area contributed by atoms with E-state index in [0.717, 1.165) is 240 Å². The van der Waals surface area contributed by atoms with E-state index in [1.54, 1.807) is 34.8 Å². The van der Waals surface area contributed by atoms with Gasteiger partial charge in [-0.3, -0.25) is 0 Å². The summed E-state index contributed by atoms with van der Waals surface area (Å²) in [7, 11) is -1.58. The fourth-order valence-corrected chi connectivity index (χ4v) is 29.6. The normalized spacial score (nSPS) is 14.0. The van der Waals surface area contributed by atoms with E-state index in [0.29, 0.717) is 43.4 Å². The van der Waals surface area contributed by atoms with Crippen LogP contribution in [0.4, 0.5) is 30.7 Å². The number of furan rings is 2. The lowest BCUT2D eigenvalue weighted by Gasteiger charge is -2.23.